The largest absolute Gasteiger partial charge is 0.496 e. The van der Waals surface area contributed by atoms with E-state index in [0.29, 0.717) is 23.3 Å². The maximum absolute atomic E-state index is 5.81. The summed E-state index contributed by atoms with van der Waals surface area (Å²) in [4.78, 5) is 8.22. The zero-order valence-electron chi connectivity index (χ0n) is 13.8. The summed E-state index contributed by atoms with van der Waals surface area (Å²) in [6.07, 6.45) is 4.71. The molecular formula is C19H14BrN3O3. The van der Waals surface area contributed by atoms with Gasteiger partial charge in [0.15, 0.2) is 17.9 Å². The molecular weight excluding hydrogens is 398 g/mol. The van der Waals surface area contributed by atoms with Gasteiger partial charge in [-0.3, -0.25) is 0 Å². The second-order valence-electron chi connectivity index (χ2n) is 5.42. The van der Waals surface area contributed by atoms with Gasteiger partial charge < -0.3 is 18.9 Å². The molecule has 7 heteroatoms. The molecule has 130 valence electrons. The van der Waals surface area contributed by atoms with Crippen molar-refractivity contribution in [1.82, 2.24) is 9.97 Å². The fourth-order valence-electron chi connectivity index (χ4n) is 2.56. The summed E-state index contributed by atoms with van der Waals surface area (Å²) in [6, 6.07) is 13.8. The summed E-state index contributed by atoms with van der Waals surface area (Å²) < 4.78 is 17.5. The minimum absolute atomic E-state index is 0.394. The van der Waals surface area contributed by atoms with Gasteiger partial charge in [0, 0.05) is 21.8 Å². The lowest BCUT2D eigenvalue weighted by Gasteiger charge is -2.09. The van der Waals surface area contributed by atoms with Crippen LogP contribution in [0.4, 0.5) is 11.7 Å². The number of hydrogen-bond acceptors (Lipinski definition) is 6. The second-order valence-corrected chi connectivity index (χ2v) is 6.27. The highest BCUT2D eigenvalue weighted by molar-refractivity contribution is 9.10. The third-order valence-corrected chi connectivity index (χ3v) is 4.49. The molecule has 0 atom stereocenters. The monoisotopic (exact) mass is 411 g/mol. The predicted molar refractivity (Wildman–Crippen MR) is 101 cm³/mol. The molecule has 0 unspecified atom stereocenters. The molecule has 0 aliphatic carbocycles. The Balaban J connectivity index is 1.59. The summed E-state index contributed by atoms with van der Waals surface area (Å²) >= 11 is 3.52. The number of hydrogen-bond donors (Lipinski definition) is 1. The third kappa shape index (κ3) is 3.21. The molecule has 0 aliphatic heterocycles. The highest BCUT2D eigenvalue weighted by atomic mass is 79.9. The van der Waals surface area contributed by atoms with Gasteiger partial charge in [-0.1, -0.05) is 34.1 Å². The summed E-state index contributed by atoms with van der Waals surface area (Å²) in [5.74, 6) is 1.97. The third-order valence-electron chi connectivity index (χ3n) is 3.80. The summed E-state index contributed by atoms with van der Waals surface area (Å²) in [7, 11) is 1.61. The lowest BCUT2D eigenvalue weighted by Crippen LogP contribution is -1.93. The van der Waals surface area contributed by atoms with E-state index in [2.05, 4.69) is 31.2 Å². The van der Waals surface area contributed by atoms with E-state index in [9.17, 15) is 0 Å². The van der Waals surface area contributed by atoms with Crippen molar-refractivity contribution in [1.29, 1.82) is 0 Å². The Morgan fingerprint density at radius 1 is 1.04 bits per heavy atom. The molecule has 0 aliphatic rings. The number of aromatic nitrogens is 2. The summed E-state index contributed by atoms with van der Waals surface area (Å²) in [5, 5.41) is 3.14. The van der Waals surface area contributed by atoms with Gasteiger partial charge in [0.25, 0.3) is 6.01 Å². The minimum Gasteiger partial charge on any atom is -0.496 e. The van der Waals surface area contributed by atoms with Crippen molar-refractivity contribution in [2.24, 2.45) is 0 Å². The Hall–Kier alpha value is -3.06. The van der Waals surface area contributed by atoms with Crippen LogP contribution in [0.5, 0.6) is 5.75 Å². The van der Waals surface area contributed by atoms with Crippen LogP contribution < -0.4 is 10.1 Å². The van der Waals surface area contributed by atoms with Crippen molar-refractivity contribution in [3.05, 3.63) is 65.7 Å². The number of nitrogens with one attached hydrogen (secondary N) is 1. The molecule has 1 N–H and O–H groups in total. The van der Waals surface area contributed by atoms with Crippen LogP contribution >= 0.6 is 15.9 Å². The average molecular weight is 412 g/mol. The highest BCUT2D eigenvalue weighted by Gasteiger charge is 2.12. The molecule has 0 spiro atoms. The quantitative estimate of drug-likeness (QED) is 0.466. The Kier molecular flexibility index (Phi) is 4.45. The van der Waals surface area contributed by atoms with E-state index in [4.69, 9.17) is 13.6 Å². The van der Waals surface area contributed by atoms with E-state index in [1.807, 2.05) is 42.5 Å². The van der Waals surface area contributed by atoms with Gasteiger partial charge in [-0.2, -0.15) is 0 Å². The molecule has 6 nitrogen and oxygen atoms in total. The van der Waals surface area contributed by atoms with Gasteiger partial charge in [-0.15, -0.1) is 0 Å². The van der Waals surface area contributed by atoms with Gasteiger partial charge in [0.05, 0.1) is 25.1 Å². The number of oxazole rings is 2. The molecule has 2 aromatic heterocycles. The van der Waals surface area contributed by atoms with Crippen molar-refractivity contribution in [3.8, 4) is 28.4 Å². The predicted octanol–water partition coefficient (Wildman–Crippen LogP) is 5.51. The molecule has 26 heavy (non-hydrogen) atoms. The van der Waals surface area contributed by atoms with Gasteiger partial charge in [0.2, 0.25) is 0 Å². The van der Waals surface area contributed by atoms with E-state index >= 15 is 0 Å². The molecule has 4 rings (SSSR count). The first-order valence-electron chi connectivity index (χ1n) is 7.79. The zero-order chi connectivity index (χ0) is 17.9. The maximum Gasteiger partial charge on any atom is 0.299 e. The molecule has 2 heterocycles. The SMILES string of the molecule is COc1cc(Nc2ncc(-c3ccccc3Br)o2)ccc1-c1cnco1. The number of benzene rings is 2. The first-order chi connectivity index (χ1) is 12.7. The van der Waals surface area contributed by atoms with E-state index in [0.717, 1.165) is 21.3 Å². The number of halogens is 1. The smallest absolute Gasteiger partial charge is 0.299 e. The van der Waals surface area contributed by atoms with Gasteiger partial charge >= 0.3 is 0 Å². The van der Waals surface area contributed by atoms with Crippen molar-refractivity contribution < 1.29 is 13.6 Å². The van der Waals surface area contributed by atoms with E-state index < -0.39 is 0 Å². The number of nitrogens with zero attached hydrogens (tertiary/aromatic N) is 2. The summed E-state index contributed by atoms with van der Waals surface area (Å²) in [5.41, 5.74) is 2.54. The van der Waals surface area contributed by atoms with Crippen molar-refractivity contribution in [3.63, 3.8) is 0 Å². The number of anilines is 2. The van der Waals surface area contributed by atoms with E-state index in [-0.39, 0.29) is 0 Å². The van der Waals surface area contributed by atoms with Crippen molar-refractivity contribution in [2.45, 2.75) is 0 Å². The standard InChI is InChI=1S/C19H14BrN3O3/c1-24-16-8-12(6-7-14(16)17-9-21-11-25-17)23-19-22-10-18(26-19)13-4-2-3-5-15(13)20/h2-11H,1H3,(H,22,23). The lowest BCUT2D eigenvalue weighted by molar-refractivity contribution is 0.415. The fraction of sp³-hybridized carbons (Fsp3) is 0.0526. The van der Waals surface area contributed by atoms with Crippen molar-refractivity contribution in [2.75, 3.05) is 12.4 Å². The van der Waals surface area contributed by atoms with Crippen LogP contribution in [0.15, 0.2) is 74.6 Å². The normalized spacial score (nSPS) is 10.7. The molecule has 0 amide bonds. The van der Waals surface area contributed by atoms with Crippen LogP contribution in [0.25, 0.3) is 22.6 Å². The fourth-order valence-corrected chi connectivity index (χ4v) is 3.04. The van der Waals surface area contributed by atoms with E-state index in [1.165, 1.54) is 6.39 Å². The molecule has 2 aromatic carbocycles. The number of methoxy groups -OCH3 is 1. The molecule has 0 radical (unpaired) electrons. The Morgan fingerprint density at radius 3 is 2.69 bits per heavy atom. The van der Waals surface area contributed by atoms with Gasteiger partial charge in [-0.05, 0) is 18.2 Å². The maximum atomic E-state index is 5.81. The van der Waals surface area contributed by atoms with Crippen molar-refractivity contribution >= 4 is 27.6 Å². The topological polar surface area (TPSA) is 73.3 Å². The highest BCUT2D eigenvalue weighted by Crippen LogP contribution is 2.34. The Labute approximate surface area is 158 Å². The molecule has 0 saturated carbocycles. The van der Waals surface area contributed by atoms with Crippen LogP contribution in [0.2, 0.25) is 0 Å². The number of ether oxygens (including phenoxy) is 1. The second kappa shape index (κ2) is 7.05. The van der Waals surface area contributed by atoms with Crippen LogP contribution in [0, 0.1) is 0 Å². The van der Waals surface area contributed by atoms with Crippen LogP contribution in [0.1, 0.15) is 0 Å². The van der Waals surface area contributed by atoms with Crippen LogP contribution in [0.3, 0.4) is 0 Å². The van der Waals surface area contributed by atoms with E-state index in [1.54, 1.807) is 19.5 Å². The first-order valence-corrected chi connectivity index (χ1v) is 8.58. The number of rotatable bonds is 5. The van der Waals surface area contributed by atoms with Crippen LogP contribution in [-0.2, 0) is 0 Å². The first kappa shape index (κ1) is 16.4. The van der Waals surface area contributed by atoms with Gasteiger partial charge in [-0.25, -0.2) is 9.97 Å². The summed E-state index contributed by atoms with van der Waals surface area (Å²) in [6.45, 7) is 0. The Bertz CT molecular complexity index is 1030. The molecule has 0 saturated heterocycles. The zero-order valence-corrected chi connectivity index (χ0v) is 15.4. The molecule has 0 fully saturated rings. The lowest BCUT2D eigenvalue weighted by atomic mass is 10.1. The minimum atomic E-state index is 0.394. The van der Waals surface area contributed by atoms with Gasteiger partial charge in [0.1, 0.15) is 5.75 Å². The Morgan fingerprint density at radius 2 is 1.92 bits per heavy atom. The average Bonchev–Trinajstić information content (AvgIpc) is 3.34. The van der Waals surface area contributed by atoms with Crippen LogP contribution in [-0.4, -0.2) is 17.1 Å². The molecule has 4 aromatic rings. The molecule has 0 bridgehead atoms.